The predicted molar refractivity (Wildman–Crippen MR) is 175 cm³/mol. The van der Waals surface area contributed by atoms with Gasteiger partial charge < -0.3 is 20.7 Å². The maximum Gasteiger partial charge on any atom is 0.407 e. The molecule has 1 amide bonds. The van der Waals surface area contributed by atoms with Crippen LogP contribution in [0.3, 0.4) is 0 Å². The van der Waals surface area contributed by atoms with Crippen LogP contribution in [0, 0.1) is 46.3 Å². The van der Waals surface area contributed by atoms with E-state index in [4.69, 9.17) is 4.74 Å². The van der Waals surface area contributed by atoms with Crippen molar-refractivity contribution in [3.05, 3.63) is 11.6 Å². The third-order valence-corrected chi connectivity index (χ3v) is 11.9. The number of halogens is 1. The highest BCUT2D eigenvalue weighted by Crippen LogP contribution is 2.67. The molecule has 4 aliphatic carbocycles. The highest BCUT2D eigenvalue weighted by Gasteiger charge is 2.59. The van der Waals surface area contributed by atoms with Gasteiger partial charge in [0.1, 0.15) is 6.10 Å². The molecule has 0 aromatic carbocycles. The number of ether oxygens (including phenoxy) is 1. The molecule has 0 aromatic rings. The minimum Gasteiger partial charge on any atom is -0.446 e. The van der Waals surface area contributed by atoms with Gasteiger partial charge in [0.2, 0.25) is 0 Å². The normalized spacial score (nSPS) is 37.1. The average molecular weight is 669 g/mol. The number of rotatable bonds is 9. The molecule has 8 atom stereocenters. The SMILES string of the molecule is CC(C)CCC[C@@H](C)[C@H]1CC[C@H]2[C@@H]3CC=C4C[C@@H](OC(=O)NCCNC5=NCCN5)CC[C@]4(C)[C@H]3CC[C@]12C.I. The van der Waals surface area contributed by atoms with Gasteiger partial charge in [-0.1, -0.05) is 65.5 Å². The van der Waals surface area contributed by atoms with Crippen molar-refractivity contribution in [1.29, 1.82) is 0 Å². The molecule has 1 aliphatic heterocycles. The summed E-state index contributed by atoms with van der Waals surface area (Å²) in [7, 11) is 0. The van der Waals surface area contributed by atoms with Crippen molar-refractivity contribution in [2.24, 2.45) is 51.3 Å². The number of nitrogens with zero attached hydrogens (tertiary/aromatic N) is 1. The van der Waals surface area contributed by atoms with Crippen LogP contribution in [0.25, 0.3) is 0 Å². The zero-order valence-electron chi connectivity index (χ0n) is 25.9. The summed E-state index contributed by atoms with van der Waals surface area (Å²) in [5.74, 6) is 5.97. The fourth-order valence-corrected chi connectivity index (χ4v) is 9.81. The van der Waals surface area contributed by atoms with E-state index in [-0.39, 0.29) is 36.2 Å². The molecule has 1 heterocycles. The molecule has 3 fully saturated rings. The van der Waals surface area contributed by atoms with Crippen LogP contribution in [0.2, 0.25) is 0 Å². The first-order chi connectivity index (χ1) is 18.7. The van der Waals surface area contributed by atoms with Crippen LogP contribution in [-0.4, -0.2) is 44.3 Å². The zero-order chi connectivity index (χ0) is 27.6. The number of carbonyl (C=O) groups is 1. The third-order valence-electron chi connectivity index (χ3n) is 11.9. The first-order valence-corrected chi connectivity index (χ1v) is 16.4. The van der Waals surface area contributed by atoms with E-state index in [1.807, 2.05) is 0 Å². The van der Waals surface area contributed by atoms with Gasteiger partial charge in [-0.15, -0.1) is 24.0 Å². The van der Waals surface area contributed by atoms with Gasteiger partial charge in [0, 0.05) is 26.1 Å². The van der Waals surface area contributed by atoms with Gasteiger partial charge in [-0.05, 0) is 91.3 Å². The van der Waals surface area contributed by atoms with Crippen molar-refractivity contribution in [2.45, 2.75) is 111 Å². The quantitative estimate of drug-likeness (QED) is 0.137. The third kappa shape index (κ3) is 6.64. The second kappa shape index (κ2) is 13.5. The lowest BCUT2D eigenvalue weighted by Gasteiger charge is -2.58. The molecule has 6 nitrogen and oxygen atoms in total. The molecule has 228 valence electrons. The van der Waals surface area contributed by atoms with Crippen LogP contribution in [0.1, 0.15) is 105 Å². The topological polar surface area (TPSA) is 74.8 Å². The van der Waals surface area contributed by atoms with Gasteiger partial charge >= 0.3 is 6.09 Å². The summed E-state index contributed by atoms with van der Waals surface area (Å²) in [4.78, 5) is 16.8. The number of carbonyl (C=O) groups excluding carboxylic acids is 1. The largest absolute Gasteiger partial charge is 0.446 e. The van der Waals surface area contributed by atoms with E-state index >= 15 is 0 Å². The average Bonchev–Trinajstić information content (AvgIpc) is 3.54. The molecule has 0 unspecified atom stereocenters. The van der Waals surface area contributed by atoms with Crippen molar-refractivity contribution in [2.75, 3.05) is 26.2 Å². The van der Waals surface area contributed by atoms with Crippen molar-refractivity contribution < 1.29 is 9.53 Å². The van der Waals surface area contributed by atoms with E-state index in [0.29, 0.717) is 23.9 Å². The Labute approximate surface area is 261 Å². The van der Waals surface area contributed by atoms with Crippen molar-refractivity contribution in [3.8, 4) is 0 Å². The van der Waals surface area contributed by atoms with Crippen LogP contribution in [-0.2, 0) is 4.74 Å². The van der Waals surface area contributed by atoms with Crippen LogP contribution >= 0.6 is 24.0 Å². The maximum absolute atomic E-state index is 12.5. The van der Waals surface area contributed by atoms with E-state index in [0.717, 1.165) is 73.8 Å². The molecule has 3 N–H and O–H groups in total. The Bertz CT molecular complexity index is 937. The molecule has 3 saturated carbocycles. The number of guanidine groups is 1. The summed E-state index contributed by atoms with van der Waals surface area (Å²) in [6.45, 7) is 15.4. The summed E-state index contributed by atoms with van der Waals surface area (Å²) < 4.78 is 5.90. The molecule has 7 heteroatoms. The molecule has 0 saturated heterocycles. The minimum atomic E-state index is -0.283. The number of amides is 1. The number of hydrogen-bond donors (Lipinski definition) is 3. The second-order valence-corrected chi connectivity index (χ2v) is 14.6. The highest BCUT2D eigenvalue weighted by molar-refractivity contribution is 14.0. The van der Waals surface area contributed by atoms with Crippen LogP contribution in [0.5, 0.6) is 0 Å². The molecule has 0 aromatic heterocycles. The molecular weight excluding hydrogens is 611 g/mol. The van der Waals surface area contributed by atoms with Crippen molar-refractivity contribution >= 4 is 36.0 Å². The molecule has 0 radical (unpaired) electrons. The Hall–Kier alpha value is -0.990. The number of hydrogen-bond acceptors (Lipinski definition) is 5. The van der Waals surface area contributed by atoms with Crippen LogP contribution in [0.15, 0.2) is 16.6 Å². The van der Waals surface area contributed by atoms with Gasteiger partial charge in [-0.3, -0.25) is 4.99 Å². The lowest BCUT2D eigenvalue weighted by atomic mass is 9.47. The van der Waals surface area contributed by atoms with E-state index in [1.165, 1.54) is 51.4 Å². The van der Waals surface area contributed by atoms with Crippen molar-refractivity contribution in [3.63, 3.8) is 0 Å². The Morgan fingerprint density at radius 2 is 1.93 bits per heavy atom. The minimum absolute atomic E-state index is 0. The van der Waals surface area contributed by atoms with Gasteiger partial charge in [0.05, 0.1) is 6.54 Å². The monoisotopic (exact) mass is 668 g/mol. The molecular formula is C33H57IN4O2. The Balaban J connectivity index is 0.00000370. The standard InChI is InChI=1S/C33H56N4O2.HI/c1-22(2)7-6-8-23(3)27-11-12-28-26-10-9-24-21-25(13-15-32(24,4)29(26)14-16-33(27,28)5)39-31(38)37-20-19-36-30-34-17-18-35-30;/h9,22-23,25-29H,6-8,10-21H2,1-5H3,(H,37,38)(H2,34,35,36);1H/t23-,25+,26+,27-,28+,29+,32+,33-;/m1./s1. The van der Waals surface area contributed by atoms with E-state index in [9.17, 15) is 4.79 Å². The molecule has 40 heavy (non-hydrogen) atoms. The number of fused-ring (bicyclic) bond motifs is 5. The summed E-state index contributed by atoms with van der Waals surface area (Å²) in [6, 6.07) is 0. The summed E-state index contributed by atoms with van der Waals surface area (Å²) in [6.07, 6.45) is 16.5. The molecule has 0 bridgehead atoms. The van der Waals surface area contributed by atoms with E-state index < -0.39 is 0 Å². The number of allylic oxidation sites excluding steroid dienone is 1. The smallest absolute Gasteiger partial charge is 0.407 e. The summed E-state index contributed by atoms with van der Waals surface area (Å²) in [5.41, 5.74) is 2.41. The van der Waals surface area contributed by atoms with Gasteiger partial charge in [-0.2, -0.15) is 0 Å². The van der Waals surface area contributed by atoms with Crippen molar-refractivity contribution in [1.82, 2.24) is 16.0 Å². The lowest BCUT2D eigenvalue weighted by molar-refractivity contribution is -0.0581. The second-order valence-electron chi connectivity index (χ2n) is 14.6. The van der Waals surface area contributed by atoms with Crippen LogP contribution in [0.4, 0.5) is 4.79 Å². The molecule has 5 aliphatic rings. The Morgan fingerprint density at radius 3 is 2.67 bits per heavy atom. The van der Waals surface area contributed by atoms with E-state index in [1.54, 1.807) is 5.57 Å². The maximum atomic E-state index is 12.5. The summed E-state index contributed by atoms with van der Waals surface area (Å²) >= 11 is 0. The fourth-order valence-electron chi connectivity index (χ4n) is 9.81. The summed E-state index contributed by atoms with van der Waals surface area (Å²) in [5, 5.41) is 9.30. The highest BCUT2D eigenvalue weighted by atomic mass is 127. The lowest BCUT2D eigenvalue weighted by Crippen LogP contribution is -2.51. The first kappa shape index (κ1) is 31.9. The fraction of sp³-hybridized carbons (Fsp3) is 0.879. The number of alkyl carbamates (subject to hydrolysis) is 1. The van der Waals surface area contributed by atoms with E-state index in [2.05, 4.69) is 61.6 Å². The number of aliphatic imine (C=N–C) groups is 1. The van der Waals surface area contributed by atoms with Gasteiger partial charge in [0.15, 0.2) is 5.96 Å². The molecule has 0 spiro atoms. The van der Waals surface area contributed by atoms with Crippen LogP contribution < -0.4 is 16.0 Å². The predicted octanol–water partition coefficient (Wildman–Crippen LogP) is 7.29. The molecule has 5 rings (SSSR count). The van der Waals surface area contributed by atoms with Gasteiger partial charge in [0.25, 0.3) is 0 Å². The number of nitrogens with one attached hydrogen (secondary N) is 3. The Morgan fingerprint density at radius 1 is 1.10 bits per heavy atom. The van der Waals surface area contributed by atoms with Gasteiger partial charge in [-0.25, -0.2) is 4.79 Å². The zero-order valence-corrected chi connectivity index (χ0v) is 28.2. The first-order valence-electron chi connectivity index (χ1n) is 16.4. The Kier molecular flexibility index (Phi) is 10.8.